The average Bonchev–Trinajstić information content (AvgIpc) is 4.09. The van der Waals surface area contributed by atoms with Gasteiger partial charge in [0.2, 0.25) is 0 Å². The lowest BCUT2D eigenvalue weighted by Gasteiger charge is -2.35. The van der Waals surface area contributed by atoms with Crippen molar-refractivity contribution in [3.8, 4) is 33.6 Å². The normalized spacial score (nSPS) is 17.0. The Bertz CT molecular complexity index is 4280. The van der Waals surface area contributed by atoms with Crippen molar-refractivity contribution in [2.24, 2.45) is 5.92 Å². The second-order valence-electron chi connectivity index (χ2n) is 21.7. The molecule has 3 aliphatic carbocycles. The van der Waals surface area contributed by atoms with E-state index in [9.17, 15) is 0 Å². The maximum absolute atomic E-state index is 2.57. The Labute approximate surface area is 426 Å². The molecule has 2 unspecified atom stereocenters. The highest BCUT2D eigenvalue weighted by atomic mass is 15.1. The summed E-state index contributed by atoms with van der Waals surface area (Å²) >= 11 is 0. The number of hydrogen-bond donors (Lipinski definition) is 0. The van der Waals surface area contributed by atoms with Crippen LogP contribution in [0.4, 0.5) is 11.4 Å². The van der Waals surface area contributed by atoms with E-state index < -0.39 is 0 Å². The monoisotopic (exact) mass is 935 g/mol. The maximum Gasteiger partial charge on any atom is 0.0541 e. The summed E-state index contributed by atoms with van der Waals surface area (Å²) in [5.74, 6) is 0.674. The van der Waals surface area contributed by atoms with Gasteiger partial charge in [0.25, 0.3) is 0 Å². The van der Waals surface area contributed by atoms with Crippen LogP contribution in [0.3, 0.4) is 0 Å². The Kier molecular flexibility index (Phi) is 8.89. The largest absolute Gasteiger partial charge is 0.311 e. The highest BCUT2D eigenvalue weighted by molar-refractivity contribution is 6.12. The molecule has 2 atom stereocenters. The Morgan fingerprint density at radius 1 is 0.425 bits per heavy atom. The van der Waals surface area contributed by atoms with Crippen LogP contribution in [-0.4, -0.2) is 9.13 Å². The van der Waals surface area contributed by atoms with Crippen molar-refractivity contribution in [3.05, 3.63) is 265 Å². The molecule has 0 bridgehead atoms. The molecule has 0 N–H and O–H groups in total. The van der Waals surface area contributed by atoms with E-state index >= 15 is 0 Å². The van der Waals surface area contributed by atoms with Gasteiger partial charge in [-0.2, -0.15) is 0 Å². The number of rotatable bonds is 6. The molecular formula is C70H53N3. The highest BCUT2D eigenvalue weighted by Crippen LogP contribution is 2.55. The smallest absolute Gasteiger partial charge is 0.0541 e. The van der Waals surface area contributed by atoms with Crippen molar-refractivity contribution < 1.29 is 0 Å². The molecule has 0 radical (unpaired) electrons. The van der Waals surface area contributed by atoms with Crippen LogP contribution >= 0.6 is 0 Å². The molecule has 3 heteroatoms. The van der Waals surface area contributed by atoms with Crippen LogP contribution in [0.15, 0.2) is 242 Å². The van der Waals surface area contributed by atoms with Crippen LogP contribution in [0.25, 0.3) is 88.0 Å². The third kappa shape index (κ3) is 6.06. The summed E-state index contributed by atoms with van der Waals surface area (Å²) in [6.07, 6.45) is 7.43. The van der Waals surface area contributed by atoms with E-state index in [0.29, 0.717) is 11.8 Å². The zero-order chi connectivity index (χ0) is 48.7. The summed E-state index contributed by atoms with van der Waals surface area (Å²) in [6, 6.07) is 81.6. The fourth-order valence-corrected chi connectivity index (χ4v) is 13.6. The predicted octanol–water partition coefficient (Wildman–Crippen LogP) is 18.3. The number of benzene rings is 10. The van der Waals surface area contributed by atoms with E-state index in [1.165, 1.54) is 116 Å². The van der Waals surface area contributed by atoms with Crippen molar-refractivity contribution >= 4 is 65.8 Å². The summed E-state index contributed by atoms with van der Waals surface area (Å²) in [7, 11) is 0. The van der Waals surface area contributed by atoms with E-state index in [1.807, 2.05) is 0 Å². The zero-order valence-corrected chi connectivity index (χ0v) is 41.5. The van der Waals surface area contributed by atoms with Crippen LogP contribution in [0, 0.1) is 5.92 Å². The van der Waals surface area contributed by atoms with Crippen molar-refractivity contribution in [2.75, 3.05) is 4.90 Å². The van der Waals surface area contributed by atoms with Crippen LogP contribution in [0.2, 0.25) is 0 Å². The van der Waals surface area contributed by atoms with Gasteiger partial charge in [-0.1, -0.05) is 179 Å². The van der Waals surface area contributed by atoms with Crippen LogP contribution in [-0.2, 0) is 10.8 Å². The first-order chi connectivity index (χ1) is 35.7. The molecule has 0 amide bonds. The first-order valence-corrected chi connectivity index (χ1v) is 25.9. The van der Waals surface area contributed by atoms with Gasteiger partial charge in [-0.15, -0.1) is 0 Å². The number of allylic oxidation sites excluding steroid dienone is 3. The Hall–Kier alpha value is -8.66. The van der Waals surface area contributed by atoms with E-state index in [-0.39, 0.29) is 10.8 Å². The molecule has 3 nitrogen and oxygen atoms in total. The van der Waals surface area contributed by atoms with Gasteiger partial charge >= 0.3 is 0 Å². The van der Waals surface area contributed by atoms with Gasteiger partial charge in [-0.25, -0.2) is 0 Å². The third-order valence-electron chi connectivity index (χ3n) is 17.2. The molecule has 0 saturated heterocycles. The molecule has 73 heavy (non-hydrogen) atoms. The first kappa shape index (κ1) is 42.1. The fourth-order valence-electron chi connectivity index (χ4n) is 13.6. The lowest BCUT2D eigenvalue weighted by molar-refractivity contribution is 0.392. The standard InChI is InChI=1S/C70H53N3/c1-69(2)60-23-11-7-19-52(60)54-37-34-49(42-62(54)69)71(47-30-32-48(33-31-47)72-65-24-12-8-20-56(65)57-21-9-13-25-66(57)72)50-35-38-55-53-36-28-46(41-61(53)70(3,4)63(55)43-50)45-29-39-68-59(40-45)58-22-10-14-26-67(58)73(68)64-27-15-17-44-16-5-6-18-51(44)64/h5-43,54,62H,1-4H3. The molecule has 12 aromatic rings. The third-order valence-corrected chi connectivity index (χ3v) is 17.2. The zero-order valence-electron chi connectivity index (χ0n) is 41.5. The summed E-state index contributed by atoms with van der Waals surface area (Å²) < 4.78 is 4.86. The van der Waals surface area contributed by atoms with Gasteiger partial charge in [0.15, 0.2) is 0 Å². The Morgan fingerprint density at radius 2 is 0.986 bits per heavy atom. The maximum atomic E-state index is 2.57. The molecule has 348 valence electrons. The van der Waals surface area contributed by atoms with E-state index in [2.05, 4.69) is 278 Å². The molecule has 0 aliphatic heterocycles. The SMILES string of the molecule is CC1(C)c2cc(-c3ccc4c(c3)c3ccccc3n4-c3cccc4ccccc34)ccc2-c2ccc(N(C3=CC4C(C=C3)c3ccccc3C4(C)C)c3ccc(-n4c5ccccc5c5ccccc54)cc3)cc21. The van der Waals surface area contributed by atoms with Gasteiger partial charge in [-0.3, -0.25) is 0 Å². The second-order valence-corrected chi connectivity index (χ2v) is 21.7. The average molecular weight is 936 g/mol. The highest BCUT2D eigenvalue weighted by Gasteiger charge is 2.45. The molecule has 10 aromatic carbocycles. The lowest BCUT2D eigenvalue weighted by Crippen LogP contribution is -2.28. The fraction of sp³-hybridized carbons (Fsp3) is 0.114. The van der Waals surface area contributed by atoms with Crippen LogP contribution < -0.4 is 4.90 Å². The Balaban J connectivity index is 0.832. The minimum Gasteiger partial charge on any atom is -0.311 e. The molecule has 0 spiro atoms. The molecular weight excluding hydrogens is 883 g/mol. The predicted molar refractivity (Wildman–Crippen MR) is 307 cm³/mol. The molecule has 15 rings (SSSR count). The first-order valence-electron chi connectivity index (χ1n) is 25.9. The molecule has 2 aromatic heterocycles. The van der Waals surface area contributed by atoms with Gasteiger partial charge < -0.3 is 14.0 Å². The van der Waals surface area contributed by atoms with Crippen LogP contribution in [0.5, 0.6) is 0 Å². The minimum atomic E-state index is -0.242. The number of aromatic nitrogens is 2. The van der Waals surface area contributed by atoms with Crippen molar-refractivity contribution in [1.82, 2.24) is 9.13 Å². The topological polar surface area (TPSA) is 13.1 Å². The molecule has 0 fully saturated rings. The van der Waals surface area contributed by atoms with Gasteiger partial charge in [0.05, 0.1) is 27.8 Å². The van der Waals surface area contributed by atoms with E-state index in [0.717, 1.165) is 11.4 Å². The quantitative estimate of drug-likeness (QED) is 0.162. The van der Waals surface area contributed by atoms with Gasteiger partial charge in [0.1, 0.15) is 0 Å². The summed E-state index contributed by atoms with van der Waals surface area (Å²) in [6.45, 7) is 9.70. The second kappa shape index (κ2) is 15.4. The van der Waals surface area contributed by atoms with Gasteiger partial charge in [-0.05, 0) is 146 Å². The number of para-hydroxylation sites is 3. The van der Waals surface area contributed by atoms with Crippen LogP contribution in [0.1, 0.15) is 55.9 Å². The minimum absolute atomic E-state index is 0.0129. The van der Waals surface area contributed by atoms with Gasteiger partial charge in [0, 0.05) is 61.0 Å². The number of anilines is 2. The molecule has 3 aliphatic rings. The summed E-state index contributed by atoms with van der Waals surface area (Å²) in [4.78, 5) is 2.51. The summed E-state index contributed by atoms with van der Waals surface area (Å²) in [5.41, 5.74) is 21.2. The van der Waals surface area contributed by atoms with Crippen molar-refractivity contribution in [1.29, 1.82) is 0 Å². The van der Waals surface area contributed by atoms with Crippen molar-refractivity contribution in [2.45, 2.75) is 44.4 Å². The molecule has 2 heterocycles. The van der Waals surface area contributed by atoms with E-state index in [1.54, 1.807) is 0 Å². The Morgan fingerprint density at radius 3 is 1.74 bits per heavy atom. The summed E-state index contributed by atoms with van der Waals surface area (Å²) in [5, 5.41) is 7.56. The molecule has 0 saturated carbocycles. The van der Waals surface area contributed by atoms with E-state index in [4.69, 9.17) is 0 Å². The lowest BCUT2D eigenvalue weighted by atomic mass is 9.74. The van der Waals surface area contributed by atoms with Crippen molar-refractivity contribution in [3.63, 3.8) is 0 Å². The number of fused-ring (bicyclic) bond motifs is 13. The number of hydrogen-bond acceptors (Lipinski definition) is 1. The number of nitrogens with zero attached hydrogens (tertiary/aromatic N) is 3.